The van der Waals surface area contributed by atoms with Crippen LogP contribution in [0.1, 0.15) is 63.5 Å². The molecule has 0 bridgehead atoms. The predicted molar refractivity (Wildman–Crippen MR) is 296 cm³/mol. The molecule has 8 aromatic rings. The van der Waals surface area contributed by atoms with Crippen LogP contribution >= 0.6 is 58.0 Å². The van der Waals surface area contributed by atoms with Crippen LogP contribution in [0.25, 0.3) is 54.7 Å². The number of aromatic hydroxyl groups is 2. The molecule has 0 saturated heterocycles. The van der Waals surface area contributed by atoms with E-state index in [9.17, 15) is 14.7 Å². The van der Waals surface area contributed by atoms with Gasteiger partial charge < -0.3 is 39.2 Å². The minimum absolute atomic E-state index is 0.00870. The minimum Gasteiger partial charge on any atom is -0.505 e. The maximum Gasteiger partial charge on any atom is 0.488 e. The summed E-state index contributed by atoms with van der Waals surface area (Å²) in [5, 5.41) is 41.4. The zero-order valence-corrected chi connectivity index (χ0v) is 44.2. The second-order valence-corrected chi connectivity index (χ2v) is 21.5. The number of hydrogen-bond donors (Lipinski definition) is 4. The van der Waals surface area contributed by atoms with Crippen molar-refractivity contribution < 1.29 is 20.3 Å². The Kier molecular flexibility index (Phi) is 17.1. The third-order valence-electron chi connectivity index (χ3n) is 13.8. The average Bonchev–Trinajstić information content (AvgIpc) is 3.35. The summed E-state index contributed by atoms with van der Waals surface area (Å²) in [7, 11) is 6.86. The Bertz CT molecular complexity index is 3350. The fourth-order valence-electron chi connectivity index (χ4n) is 10.4. The Hall–Kier alpha value is -4.93. The van der Waals surface area contributed by atoms with Gasteiger partial charge in [-0.05, 0) is 175 Å². The summed E-state index contributed by atoms with van der Waals surface area (Å²) >= 11 is 29.6. The van der Waals surface area contributed by atoms with Gasteiger partial charge in [0.15, 0.2) is 11.5 Å². The van der Waals surface area contributed by atoms with Gasteiger partial charge in [-0.3, -0.25) is 19.6 Å². The number of aromatic nitrogens is 4. The van der Waals surface area contributed by atoms with Crippen LogP contribution in [0.5, 0.6) is 11.5 Å². The standard InChI is InChI=1S/C27H27Cl2N3O2.C21H24ClN3O.C6H5BCl2O3/c1-31(2)15-16-3-7-20(8-4-16)32-25(33)10-6-18-14-30-24-9-5-17(11-21(24)26(18)32)19-12-22(28)27(34)23(29)13-19;1-24(2)13-14-3-7-17(8-4-14)25-20(26)10-5-15-12-23-19-9-6-16(22)11-18(19)21(15)25;8-4-1-3(7(11)12)2-5(9)6(4)10/h5-6,9-14,16,20,34H,3-4,7-8,15H2,1-2H3;5-6,9-12,14,17H,3-4,7-8,13H2,1-2H3;1-2,10-12H. The van der Waals surface area contributed by atoms with E-state index in [-0.39, 0.29) is 60.3 Å². The molecule has 2 aliphatic rings. The first-order valence-corrected chi connectivity index (χ1v) is 25.8. The zero-order valence-electron chi connectivity index (χ0n) is 40.4. The quantitative estimate of drug-likeness (QED) is 0.0853. The number of benzene rings is 4. The van der Waals surface area contributed by atoms with E-state index in [1.807, 2.05) is 70.1 Å². The predicted octanol–water partition coefficient (Wildman–Crippen LogP) is 11.4. The van der Waals surface area contributed by atoms with Crippen molar-refractivity contribution in [3.63, 3.8) is 0 Å². The zero-order chi connectivity index (χ0) is 51.5. The molecule has 12 nitrogen and oxygen atoms in total. The first kappa shape index (κ1) is 53.4. The minimum atomic E-state index is -1.64. The highest BCUT2D eigenvalue weighted by Gasteiger charge is 2.27. The number of halogens is 5. The highest BCUT2D eigenvalue weighted by Crippen LogP contribution is 2.40. The van der Waals surface area contributed by atoms with Crippen LogP contribution in [0, 0.1) is 11.8 Å². The van der Waals surface area contributed by atoms with Crippen LogP contribution in [0.2, 0.25) is 25.1 Å². The lowest BCUT2D eigenvalue weighted by Crippen LogP contribution is -2.31. The van der Waals surface area contributed by atoms with E-state index in [1.165, 1.54) is 12.1 Å². The molecule has 4 N–H and O–H groups in total. The number of nitrogens with zero attached hydrogens (tertiary/aromatic N) is 6. The Balaban J connectivity index is 0.000000161. The van der Waals surface area contributed by atoms with Gasteiger partial charge in [-0.15, -0.1) is 0 Å². The molecular formula is C54H56BCl5N6O6. The lowest BCUT2D eigenvalue weighted by molar-refractivity contribution is 0.224. The van der Waals surface area contributed by atoms with Gasteiger partial charge in [0, 0.05) is 76.3 Å². The second-order valence-electron chi connectivity index (χ2n) is 19.5. The van der Waals surface area contributed by atoms with E-state index >= 15 is 0 Å². The fraction of sp³-hybridized carbons (Fsp3) is 0.333. The molecule has 0 amide bonds. The van der Waals surface area contributed by atoms with Crippen molar-refractivity contribution in [2.75, 3.05) is 41.3 Å². The van der Waals surface area contributed by atoms with Gasteiger partial charge in [-0.25, -0.2) is 0 Å². The third-order valence-corrected chi connectivity index (χ3v) is 15.2. The molecule has 4 aromatic carbocycles. The molecule has 4 heterocycles. The Morgan fingerprint density at radius 2 is 0.958 bits per heavy atom. The highest BCUT2D eigenvalue weighted by atomic mass is 35.5. The Morgan fingerprint density at radius 1 is 0.542 bits per heavy atom. The van der Waals surface area contributed by atoms with Gasteiger partial charge in [0.2, 0.25) is 0 Å². The van der Waals surface area contributed by atoms with Gasteiger partial charge in [0.1, 0.15) is 0 Å². The van der Waals surface area contributed by atoms with E-state index in [0.717, 1.165) is 125 Å². The van der Waals surface area contributed by atoms with Crippen molar-refractivity contribution in [2.45, 2.75) is 63.5 Å². The molecule has 18 heteroatoms. The van der Waals surface area contributed by atoms with Crippen LogP contribution in [-0.4, -0.2) is 97.6 Å². The number of phenolic OH excluding ortho intramolecular Hbond substituents is 2. The first-order chi connectivity index (χ1) is 34.4. The molecular weight excluding hydrogens is 1020 g/mol. The van der Waals surface area contributed by atoms with Crippen molar-refractivity contribution in [3.05, 3.63) is 143 Å². The van der Waals surface area contributed by atoms with E-state index in [0.29, 0.717) is 10.9 Å². The van der Waals surface area contributed by atoms with Crippen molar-refractivity contribution >= 4 is 114 Å². The van der Waals surface area contributed by atoms with Crippen LogP contribution in [0.4, 0.5) is 0 Å². The second kappa shape index (κ2) is 23.1. The number of pyridine rings is 4. The van der Waals surface area contributed by atoms with Crippen molar-refractivity contribution in [3.8, 4) is 22.6 Å². The van der Waals surface area contributed by atoms with Crippen LogP contribution < -0.4 is 16.6 Å². The van der Waals surface area contributed by atoms with Crippen LogP contribution in [-0.2, 0) is 0 Å². The molecule has 2 fully saturated rings. The van der Waals surface area contributed by atoms with Crippen molar-refractivity contribution in [1.82, 2.24) is 28.9 Å². The molecule has 0 radical (unpaired) electrons. The molecule has 2 saturated carbocycles. The maximum absolute atomic E-state index is 13.2. The SMILES string of the molecule is CN(C)CC1CCC(n2c(=O)ccc3cnc4ccc(-c5cc(Cl)c(O)c(Cl)c5)cc4c32)CC1.CN(C)CC1CCC(n2c(=O)ccc3cnc4ccc(Cl)cc4c32)CC1.OB(O)c1cc(Cl)c(O)c(Cl)c1. The molecule has 0 spiro atoms. The molecule has 10 rings (SSSR count). The Labute approximate surface area is 443 Å². The summed E-state index contributed by atoms with van der Waals surface area (Å²) in [6.45, 7) is 2.21. The summed E-state index contributed by atoms with van der Waals surface area (Å²) in [4.78, 5) is 39.7. The largest absolute Gasteiger partial charge is 0.505 e. The van der Waals surface area contributed by atoms with Crippen LogP contribution in [0.15, 0.2) is 107 Å². The number of fused-ring (bicyclic) bond motifs is 6. The van der Waals surface area contributed by atoms with Crippen molar-refractivity contribution in [1.29, 1.82) is 0 Å². The molecule has 2 aliphatic carbocycles. The maximum atomic E-state index is 13.2. The molecule has 0 atom stereocenters. The first-order valence-electron chi connectivity index (χ1n) is 23.9. The molecule has 72 heavy (non-hydrogen) atoms. The van der Waals surface area contributed by atoms with Gasteiger partial charge in [-0.1, -0.05) is 64.1 Å². The van der Waals surface area contributed by atoms with E-state index in [2.05, 4.69) is 48.0 Å². The highest BCUT2D eigenvalue weighted by molar-refractivity contribution is 6.59. The van der Waals surface area contributed by atoms with E-state index < -0.39 is 7.12 Å². The third kappa shape index (κ3) is 12.0. The molecule has 4 aromatic heterocycles. The van der Waals surface area contributed by atoms with Crippen LogP contribution in [0.3, 0.4) is 0 Å². The van der Waals surface area contributed by atoms with E-state index in [1.54, 1.807) is 24.3 Å². The average molecular weight is 1070 g/mol. The molecule has 0 aliphatic heterocycles. The lowest BCUT2D eigenvalue weighted by atomic mass is 9.80. The van der Waals surface area contributed by atoms with Gasteiger partial charge >= 0.3 is 7.12 Å². The summed E-state index contributed by atoms with van der Waals surface area (Å²) < 4.78 is 3.99. The normalized spacial score (nSPS) is 18.1. The van der Waals surface area contributed by atoms with Gasteiger partial charge in [0.05, 0.1) is 42.2 Å². The lowest BCUT2D eigenvalue weighted by Gasteiger charge is -2.32. The van der Waals surface area contributed by atoms with Crippen molar-refractivity contribution in [2.24, 2.45) is 11.8 Å². The van der Waals surface area contributed by atoms with Gasteiger partial charge in [-0.2, -0.15) is 0 Å². The monoisotopic (exact) mass is 1070 g/mol. The fourth-order valence-corrected chi connectivity index (χ4v) is 11.6. The molecule has 0 unspecified atom stereocenters. The summed E-state index contributed by atoms with van der Waals surface area (Å²) in [6, 6.07) is 25.0. The summed E-state index contributed by atoms with van der Waals surface area (Å²) in [5.41, 5.74) is 5.52. The number of hydrogen-bond acceptors (Lipinski definition) is 10. The Morgan fingerprint density at radius 3 is 1.39 bits per heavy atom. The van der Waals surface area contributed by atoms with Gasteiger partial charge in [0.25, 0.3) is 11.1 Å². The summed E-state index contributed by atoms with van der Waals surface area (Å²) in [5.74, 6) is 1.01. The molecule has 376 valence electrons. The number of phenols is 2. The summed E-state index contributed by atoms with van der Waals surface area (Å²) in [6.07, 6.45) is 12.3. The topological polar surface area (TPSA) is 157 Å². The number of rotatable bonds is 8. The smallest absolute Gasteiger partial charge is 0.488 e. The van der Waals surface area contributed by atoms with E-state index in [4.69, 9.17) is 73.2 Å².